The highest BCUT2D eigenvalue weighted by molar-refractivity contribution is 6.33. The molecule has 2 atom stereocenters. The number of halogens is 5. The maximum atomic E-state index is 12.9. The Morgan fingerprint density at radius 1 is 1.39 bits per heavy atom. The maximum Gasteiger partial charge on any atom is 0.418 e. The Bertz CT molecular complexity index is 433. The van der Waals surface area contributed by atoms with Crippen LogP contribution in [0.15, 0.2) is 18.2 Å². The molecule has 2 nitrogen and oxygen atoms in total. The number of alkyl halides is 3. The number of ether oxygens (including phenoxy) is 2. The lowest BCUT2D eigenvalue weighted by atomic mass is 10.1. The molecule has 0 amide bonds. The molecule has 0 aromatic heterocycles. The molecule has 0 bridgehead atoms. The van der Waals surface area contributed by atoms with E-state index in [2.05, 4.69) is 0 Å². The fraction of sp³-hybridized carbons (Fsp3) is 0.455. The molecule has 0 N–H and O–H groups in total. The Labute approximate surface area is 112 Å². The van der Waals surface area contributed by atoms with Gasteiger partial charge in [-0.05, 0) is 18.2 Å². The minimum absolute atomic E-state index is 0.0292. The standard InChI is InChI=1S/C11H9Cl2F3O2/c12-6-1-2-9(13)8(3-6)10(11(14,15)16)18-5-7-4-17-7/h1-3,7,10H,4-5H2/t7-,10+/m0/s1. The summed E-state index contributed by atoms with van der Waals surface area (Å²) in [4.78, 5) is 0. The first kappa shape index (κ1) is 13.9. The summed E-state index contributed by atoms with van der Waals surface area (Å²) in [5.41, 5.74) is -0.183. The van der Waals surface area contributed by atoms with Gasteiger partial charge < -0.3 is 9.47 Å². The van der Waals surface area contributed by atoms with Crippen molar-refractivity contribution in [3.63, 3.8) is 0 Å². The van der Waals surface area contributed by atoms with Crippen LogP contribution in [-0.2, 0) is 9.47 Å². The summed E-state index contributed by atoms with van der Waals surface area (Å²) >= 11 is 11.4. The zero-order valence-corrected chi connectivity index (χ0v) is 10.5. The molecule has 1 heterocycles. The zero-order valence-electron chi connectivity index (χ0n) is 9.01. The van der Waals surface area contributed by atoms with Crippen LogP contribution >= 0.6 is 23.2 Å². The van der Waals surface area contributed by atoms with Gasteiger partial charge in [0.25, 0.3) is 0 Å². The second kappa shape index (κ2) is 5.25. The van der Waals surface area contributed by atoms with E-state index in [0.29, 0.717) is 6.61 Å². The van der Waals surface area contributed by atoms with Crippen molar-refractivity contribution in [1.29, 1.82) is 0 Å². The molecular weight excluding hydrogens is 292 g/mol. The van der Waals surface area contributed by atoms with Crippen LogP contribution in [0.2, 0.25) is 10.0 Å². The number of hydrogen-bond donors (Lipinski definition) is 0. The van der Waals surface area contributed by atoms with Crippen LogP contribution in [0, 0.1) is 0 Å². The predicted octanol–water partition coefficient (Wildman–Crippen LogP) is 4.01. The Morgan fingerprint density at radius 2 is 2.06 bits per heavy atom. The molecule has 1 aromatic rings. The Kier molecular flexibility index (Phi) is 4.06. The van der Waals surface area contributed by atoms with Crippen molar-refractivity contribution in [3.8, 4) is 0 Å². The fourth-order valence-corrected chi connectivity index (χ4v) is 1.84. The molecule has 0 aliphatic carbocycles. The molecule has 2 rings (SSSR count). The molecule has 100 valence electrons. The van der Waals surface area contributed by atoms with Crippen LogP contribution in [0.3, 0.4) is 0 Å². The monoisotopic (exact) mass is 300 g/mol. The van der Waals surface area contributed by atoms with Gasteiger partial charge in [0.1, 0.15) is 6.10 Å². The number of rotatable bonds is 4. The maximum absolute atomic E-state index is 12.9. The lowest BCUT2D eigenvalue weighted by molar-refractivity contribution is -0.224. The number of benzene rings is 1. The highest BCUT2D eigenvalue weighted by Gasteiger charge is 2.44. The lowest BCUT2D eigenvalue weighted by Crippen LogP contribution is -2.25. The van der Waals surface area contributed by atoms with E-state index in [1.54, 1.807) is 0 Å². The van der Waals surface area contributed by atoms with E-state index in [-0.39, 0.29) is 28.3 Å². The average Bonchev–Trinajstić information content (AvgIpc) is 3.05. The first-order valence-corrected chi connectivity index (χ1v) is 5.88. The van der Waals surface area contributed by atoms with Crippen LogP contribution in [0.1, 0.15) is 11.7 Å². The summed E-state index contributed by atoms with van der Waals surface area (Å²) in [6.45, 7) is 0.306. The van der Waals surface area contributed by atoms with Crippen LogP contribution in [-0.4, -0.2) is 25.5 Å². The molecule has 18 heavy (non-hydrogen) atoms. The molecule has 0 radical (unpaired) electrons. The molecule has 0 saturated carbocycles. The molecule has 1 fully saturated rings. The molecule has 0 unspecified atom stereocenters. The summed E-state index contributed by atoms with van der Waals surface area (Å²) in [5.74, 6) is 0. The normalized spacial score (nSPS) is 20.8. The van der Waals surface area contributed by atoms with E-state index in [9.17, 15) is 13.2 Å². The van der Waals surface area contributed by atoms with E-state index in [1.807, 2.05) is 0 Å². The molecule has 1 aliphatic heterocycles. The average molecular weight is 301 g/mol. The van der Waals surface area contributed by atoms with E-state index in [0.717, 1.165) is 6.07 Å². The van der Waals surface area contributed by atoms with E-state index < -0.39 is 12.3 Å². The van der Waals surface area contributed by atoms with Gasteiger partial charge in [-0.1, -0.05) is 23.2 Å². The lowest BCUT2D eigenvalue weighted by Gasteiger charge is -2.22. The summed E-state index contributed by atoms with van der Waals surface area (Å²) in [6.07, 6.45) is -6.90. The highest BCUT2D eigenvalue weighted by atomic mass is 35.5. The summed E-state index contributed by atoms with van der Waals surface area (Å²) in [5, 5.41) is 0.147. The van der Waals surface area contributed by atoms with Gasteiger partial charge in [-0.2, -0.15) is 13.2 Å². The van der Waals surface area contributed by atoms with Crippen LogP contribution < -0.4 is 0 Å². The second-order valence-electron chi connectivity index (χ2n) is 3.88. The van der Waals surface area contributed by atoms with Crippen molar-refractivity contribution < 1.29 is 22.6 Å². The number of epoxide rings is 1. The summed E-state index contributed by atoms with van der Waals surface area (Å²) in [6, 6.07) is 3.90. The smallest absolute Gasteiger partial charge is 0.371 e. The van der Waals surface area contributed by atoms with Crippen molar-refractivity contribution in [2.45, 2.75) is 18.4 Å². The largest absolute Gasteiger partial charge is 0.418 e. The SMILES string of the molecule is FC(F)(F)[C@H](OC[C@@H]1CO1)c1cc(Cl)ccc1Cl. The van der Waals surface area contributed by atoms with Crippen LogP contribution in [0.25, 0.3) is 0 Å². The second-order valence-corrected chi connectivity index (χ2v) is 4.72. The van der Waals surface area contributed by atoms with Crippen molar-refractivity contribution in [3.05, 3.63) is 33.8 Å². The molecule has 0 spiro atoms. The molecule has 1 saturated heterocycles. The Hall–Kier alpha value is -0.490. The van der Waals surface area contributed by atoms with Gasteiger partial charge in [0.15, 0.2) is 6.10 Å². The number of hydrogen-bond acceptors (Lipinski definition) is 2. The molecule has 1 aromatic carbocycles. The topological polar surface area (TPSA) is 21.8 Å². The van der Waals surface area contributed by atoms with Gasteiger partial charge in [0.2, 0.25) is 0 Å². The summed E-state index contributed by atoms with van der Waals surface area (Å²) in [7, 11) is 0. The fourth-order valence-electron chi connectivity index (χ4n) is 1.44. The third-order valence-corrected chi connectivity index (χ3v) is 2.97. The van der Waals surface area contributed by atoms with Crippen LogP contribution in [0.5, 0.6) is 0 Å². The minimum Gasteiger partial charge on any atom is -0.371 e. The predicted molar refractivity (Wildman–Crippen MR) is 61.0 cm³/mol. The molecule has 7 heteroatoms. The highest BCUT2D eigenvalue weighted by Crippen LogP contribution is 2.40. The van der Waals surface area contributed by atoms with Gasteiger partial charge in [0, 0.05) is 15.6 Å². The van der Waals surface area contributed by atoms with Crippen molar-refractivity contribution >= 4 is 23.2 Å². The van der Waals surface area contributed by atoms with Crippen molar-refractivity contribution in [2.75, 3.05) is 13.2 Å². The molecule has 1 aliphatic rings. The van der Waals surface area contributed by atoms with E-state index in [4.69, 9.17) is 32.7 Å². The third-order valence-electron chi connectivity index (χ3n) is 2.39. The van der Waals surface area contributed by atoms with Gasteiger partial charge in [-0.3, -0.25) is 0 Å². The first-order valence-electron chi connectivity index (χ1n) is 5.13. The van der Waals surface area contributed by atoms with Gasteiger partial charge >= 0.3 is 6.18 Å². The van der Waals surface area contributed by atoms with Gasteiger partial charge in [0.05, 0.1) is 13.2 Å². The van der Waals surface area contributed by atoms with E-state index >= 15 is 0 Å². The van der Waals surface area contributed by atoms with Gasteiger partial charge in [-0.15, -0.1) is 0 Å². The summed E-state index contributed by atoms with van der Waals surface area (Å²) < 4.78 is 48.4. The van der Waals surface area contributed by atoms with Gasteiger partial charge in [-0.25, -0.2) is 0 Å². The van der Waals surface area contributed by atoms with E-state index in [1.165, 1.54) is 12.1 Å². The zero-order chi connectivity index (χ0) is 13.3. The Morgan fingerprint density at radius 3 is 2.61 bits per heavy atom. The molecular formula is C11H9Cl2F3O2. The van der Waals surface area contributed by atoms with Crippen LogP contribution in [0.4, 0.5) is 13.2 Å². The van der Waals surface area contributed by atoms with Crippen molar-refractivity contribution in [1.82, 2.24) is 0 Å². The Balaban J connectivity index is 2.23. The third kappa shape index (κ3) is 3.51. The van der Waals surface area contributed by atoms with Crippen molar-refractivity contribution in [2.24, 2.45) is 0 Å². The first-order chi connectivity index (χ1) is 8.38. The minimum atomic E-state index is -4.55. The quantitative estimate of drug-likeness (QED) is 0.784.